The molecular formula is C78H86N2O4S10. The maximum absolute atomic E-state index is 14.7. The highest BCUT2D eigenvalue weighted by atomic mass is 32.1. The normalized spacial score (nSPS) is 14.8. The number of aliphatic hydroxyl groups is 1. The lowest BCUT2D eigenvalue weighted by Gasteiger charge is -2.21. The van der Waals surface area contributed by atoms with Crippen LogP contribution in [0, 0.1) is 11.8 Å². The smallest absolute Gasteiger partial charge is 0.263 e. The van der Waals surface area contributed by atoms with Crippen molar-refractivity contribution in [2.24, 2.45) is 11.8 Å². The summed E-state index contributed by atoms with van der Waals surface area (Å²) >= 11 is 17.8. The van der Waals surface area contributed by atoms with Crippen molar-refractivity contribution in [1.29, 1.82) is 0 Å². The van der Waals surface area contributed by atoms with E-state index in [-0.39, 0.29) is 17.7 Å². The van der Waals surface area contributed by atoms with Gasteiger partial charge in [-0.25, -0.2) is 0 Å². The van der Waals surface area contributed by atoms with Gasteiger partial charge in [0, 0.05) is 108 Å². The average molecular weight is 1440 g/mol. The summed E-state index contributed by atoms with van der Waals surface area (Å²) in [6.07, 6.45) is 24.2. The molecule has 13 rings (SSSR count). The second-order valence-electron chi connectivity index (χ2n) is 25.7. The van der Waals surface area contributed by atoms with Crippen LogP contribution in [0.25, 0.3) is 99.6 Å². The van der Waals surface area contributed by atoms with Crippen LogP contribution in [0.2, 0.25) is 0 Å². The molecule has 3 atom stereocenters. The third kappa shape index (κ3) is 13.8. The monoisotopic (exact) mass is 1430 g/mol. The van der Waals surface area contributed by atoms with Gasteiger partial charge in [0.05, 0.1) is 36.2 Å². The molecule has 16 heteroatoms. The second-order valence-corrected chi connectivity index (χ2v) is 36.3. The van der Waals surface area contributed by atoms with Crippen LogP contribution >= 0.6 is 113 Å². The third-order valence-corrected chi connectivity index (χ3v) is 31.2. The Balaban J connectivity index is 0.934. The van der Waals surface area contributed by atoms with Gasteiger partial charge in [-0.15, -0.1) is 113 Å². The predicted molar refractivity (Wildman–Crippen MR) is 416 cm³/mol. The van der Waals surface area contributed by atoms with Gasteiger partial charge in [0.2, 0.25) is 0 Å². The summed E-state index contributed by atoms with van der Waals surface area (Å²) in [5.74, 6) is 0.943. The van der Waals surface area contributed by atoms with E-state index >= 15 is 0 Å². The van der Waals surface area contributed by atoms with Crippen LogP contribution in [0.3, 0.4) is 0 Å². The number of fused-ring (bicyclic) bond motifs is 4. The number of thiophene rings is 10. The fourth-order valence-electron chi connectivity index (χ4n) is 14.0. The first-order chi connectivity index (χ1) is 46.0. The third-order valence-electron chi connectivity index (χ3n) is 19.3. The number of hydrogen-bond acceptors (Lipinski definition) is 14. The van der Waals surface area contributed by atoms with Crippen LogP contribution in [-0.2, 0) is 12.8 Å². The largest absolute Gasteiger partial charge is 0.369 e. The van der Waals surface area contributed by atoms with E-state index in [1.165, 1.54) is 155 Å². The minimum Gasteiger partial charge on any atom is -0.369 e. The quantitative estimate of drug-likeness (QED) is 0.0322. The summed E-state index contributed by atoms with van der Waals surface area (Å²) < 4.78 is 2.59. The van der Waals surface area contributed by atoms with E-state index in [0.29, 0.717) is 41.6 Å². The topological polar surface area (TPSA) is 77.9 Å². The Morgan fingerprint density at radius 3 is 1.32 bits per heavy atom. The van der Waals surface area contributed by atoms with E-state index in [2.05, 4.69) is 131 Å². The number of hydrogen-bond donors (Lipinski definition) is 1. The van der Waals surface area contributed by atoms with Crippen molar-refractivity contribution in [3.05, 3.63) is 128 Å². The van der Waals surface area contributed by atoms with E-state index < -0.39 is 6.23 Å². The molecule has 3 unspecified atom stereocenters. The molecule has 492 valence electrons. The zero-order valence-electron chi connectivity index (χ0n) is 55.1. The molecule has 11 aromatic rings. The summed E-state index contributed by atoms with van der Waals surface area (Å²) in [6, 6.07) is 31.9. The number of carbonyl (C=O) groups is 3. The molecule has 0 bridgehead atoms. The van der Waals surface area contributed by atoms with E-state index in [0.717, 1.165) is 101 Å². The number of imide groups is 1. The molecule has 10 aromatic heterocycles. The fourth-order valence-corrected chi connectivity index (χ4v) is 25.7. The molecule has 1 aromatic carbocycles. The SMILES string of the molecule is CCCCCCCCN1C(=O)c2c(-c3cccs3)sc(-c3ccc(-c4cc5c(-c6ccc(CC(CC)CCCC)s6)c6sc(-c7ccc(-c8sc(-c9cccs9)c9c8C(=O)N(CCCCCCCC)C9O)s7)cc6c(-c6ccc(CC(CC)CCCC)s6)c5s4)s3)c2C1=O. The zero-order valence-corrected chi connectivity index (χ0v) is 63.3. The molecule has 0 spiro atoms. The lowest BCUT2D eigenvalue weighted by Crippen LogP contribution is -2.31. The number of rotatable bonds is 34. The first-order valence-corrected chi connectivity index (χ1v) is 43.0. The van der Waals surface area contributed by atoms with E-state index in [1.807, 2.05) is 51.4 Å². The van der Waals surface area contributed by atoms with Gasteiger partial charge in [-0.1, -0.05) is 169 Å². The Morgan fingerprint density at radius 1 is 0.394 bits per heavy atom. The number of unbranched alkanes of at least 4 members (excludes halogenated alkanes) is 12. The molecule has 0 fully saturated rings. The van der Waals surface area contributed by atoms with Crippen molar-refractivity contribution < 1.29 is 19.5 Å². The summed E-state index contributed by atoms with van der Waals surface area (Å²) in [7, 11) is 0. The first kappa shape index (κ1) is 67.9. The highest BCUT2D eigenvalue weighted by molar-refractivity contribution is 7.32. The van der Waals surface area contributed by atoms with Crippen molar-refractivity contribution in [2.75, 3.05) is 13.1 Å². The Hall–Kier alpha value is -4.69. The van der Waals surface area contributed by atoms with Gasteiger partial charge in [0.1, 0.15) is 0 Å². The molecule has 0 aliphatic carbocycles. The lowest BCUT2D eigenvalue weighted by atomic mass is 9.95. The van der Waals surface area contributed by atoms with Crippen LogP contribution in [0.1, 0.15) is 223 Å². The highest BCUT2D eigenvalue weighted by Crippen LogP contribution is 2.58. The van der Waals surface area contributed by atoms with Gasteiger partial charge in [0.15, 0.2) is 6.23 Å². The molecule has 3 amide bonds. The molecule has 2 aliphatic heterocycles. The standard InChI is InChI=1S/C78H86N2O4S10/c1-7-13-17-19-21-23-39-79-75(81)65-67(77(79)83)73(93-71(65)57-29-25-41-85-57)59-37-35-53(89-59)61-45-51-63(55-33-31-49(87-55)43-47(11-5)27-15-9-3)70-52(64(69(51)91-61)56-34-32-50(88-56)44-48(12-6)28-16-10-4)46-62(92-70)54-36-38-60(90-54)74-68-66(72(94-74)58-30-26-42-86-58)76(82)80(78(68)84)40-24-22-20-18-14-8-2/h25-26,29-38,41-42,45-48,75,81H,7-24,27-28,39-40,43-44H2,1-6H3. The average Bonchev–Trinajstić information content (AvgIpc) is 1.57. The van der Waals surface area contributed by atoms with Crippen molar-refractivity contribution in [2.45, 2.75) is 189 Å². The summed E-state index contributed by atoms with van der Waals surface area (Å²) in [6.45, 7) is 14.8. The number of carbonyl (C=O) groups excluding carboxylic acids is 3. The number of amides is 3. The number of benzene rings is 1. The van der Waals surface area contributed by atoms with Crippen molar-refractivity contribution in [1.82, 2.24) is 9.80 Å². The molecular weight excluding hydrogens is 1350 g/mol. The predicted octanol–water partition coefficient (Wildman–Crippen LogP) is 27.2. The fraction of sp³-hybridized carbons (Fsp3) is 0.423. The van der Waals surface area contributed by atoms with Crippen molar-refractivity contribution in [3.63, 3.8) is 0 Å². The minimum atomic E-state index is -0.964. The maximum atomic E-state index is 14.7. The van der Waals surface area contributed by atoms with Crippen LogP contribution in [-0.4, -0.2) is 45.7 Å². The molecule has 1 N–H and O–H groups in total. The van der Waals surface area contributed by atoms with Crippen LogP contribution in [0.5, 0.6) is 0 Å². The number of nitrogens with zero attached hydrogens (tertiary/aromatic N) is 2. The first-order valence-electron chi connectivity index (χ1n) is 34.7. The molecule has 0 saturated carbocycles. The van der Waals surface area contributed by atoms with E-state index in [9.17, 15) is 19.5 Å². The summed E-state index contributed by atoms with van der Waals surface area (Å²) in [4.78, 5) is 65.4. The summed E-state index contributed by atoms with van der Waals surface area (Å²) in [5, 5.41) is 18.8. The second kappa shape index (κ2) is 31.0. The van der Waals surface area contributed by atoms with Crippen molar-refractivity contribution in [3.8, 4) is 79.4 Å². The molecule has 0 saturated heterocycles. The van der Waals surface area contributed by atoms with Gasteiger partial charge >= 0.3 is 0 Å². The summed E-state index contributed by atoms with van der Waals surface area (Å²) in [5.41, 5.74) is 5.21. The maximum Gasteiger partial charge on any atom is 0.263 e. The van der Waals surface area contributed by atoms with Gasteiger partial charge < -0.3 is 10.0 Å². The molecule has 2 aliphatic rings. The highest BCUT2D eigenvalue weighted by Gasteiger charge is 2.44. The lowest BCUT2D eigenvalue weighted by molar-refractivity contribution is 0.0172. The van der Waals surface area contributed by atoms with Crippen LogP contribution in [0.4, 0.5) is 0 Å². The Labute approximate surface area is 596 Å². The number of aliphatic hydroxyl groups excluding tert-OH is 1. The zero-order chi connectivity index (χ0) is 65.0. The van der Waals surface area contributed by atoms with E-state index in [1.54, 1.807) is 77.8 Å². The molecule has 6 nitrogen and oxygen atoms in total. The minimum absolute atomic E-state index is 0.0540. The van der Waals surface area contributed by atoms with Gasteiger partial charge in [-0.2, -0.15) is 0 Å². The van der Waals surface area contributed by atoms with Crippen LogP contribution < -0.4 is 0 Å². The Bertz CT molecular complexity index is 4280. The van der Waals surface area contributed by atoms with Crippen LogP contribution in [0.15, 0.2) is 95.7 Å². The Morgan fingerprint density at radius 2 is 0.830 bits per heavy atom. The molecule has 94 heavy (non-hydrogen) atoms. The molecule has 0 radical (unpaired) electrons. The Kier molecular flexibility index (Phi) is 22.4. The molecule has 12 heterocycles. The van der Waals surface area contributed by atoms with E-state index in [4.69, 9.17) is 0 Å². The van der Waals surface area contributed by atoms with Gasteiger partial charge in [0.25, 0.3) is 17.7 Å². The van der Waals surface area contributed by atoms with Gasteiger partial charge in [-0.05, 0) is 121 Å². The van der Waals surface area contributed by atoms with Crippen molar-refractivity contribution >= 4 is 151 Å². The van der Waals surface area contributed by atoms with Gasteiger partial charge in [-0.3, -0.25) is 19.3 Å².